The molecule has 0 saturated heterocycles. The molecule has 0 nitrogen and oxygen atoms in total. The van der Waals surface area contributed by atoms with Gasteiger partial charge in [0.05, 0.1) is 0 Å². The van der Waals surface area contributed by atoms with Crippen molar-refractivity contribution in [3.05, 3.63) is 0 Å². The smallest absolute Gasteiger partial charge is 0 e. The molecule has 0 aromatic heterocycles. The van der Waals surface area contributed by atoms with Gasteiger partial charge in [0.15, 0.2) is 0 Å². The summed E-state index contributed by atoms with van der Waals surface area (Å²) in [5.41, 5.74) is 0. The molecule has 0 rings (SSSR count). The SMILES string of the molecule is [Sb]=[Sb].[Sb]=[Sb].[Sb][CH]=[Sb].[Sb][CH]=[Sb].[Zr]. The van der Waals surface area contributed by atoms with Crippen LogP contribution in [0.5, 0.6) is 0 Å². The predicted octanol–water partition coefficient (Wildman–Crippen LogP) is -3.36. The molecule has 0 fully saturated rings. The summed E-state index contributed by atoms with van der Waals surface area (Å²) in [5, 5.41) is 0. The van der Waals surface area contributed by atoms with Gasteiger partial charge in [-0.25, -0.2) is 0 Å². The van der Waals surface area contributed by atoms with Crippen molar-refractivity contribution >= 4 is 168 Å². The average Bonchev–Trinajstić information content (AvgIpc) is 1.99. The fourth-order valence-electron chi connectivity index (χ4n) is 0. The van der Waals surface area contributed by atoms with E-state index in [0.717, 1.165) is 0 Å². The predicted molar refractivity (Wildman–Crippen MR) is 58.2 cm³/mol. The molecule has 0 aromatic carbocycles. The molecule has 0 spiro atoms. The molecule has 0 saturated carbocycles. The van der Waals surface area contributed by atoms with Crippen LogP contribution < -0.4 is 0 Å². The Morgan fingerprint density at radius 2 is 0.636 bits per heavy atom. The van der Waals surface area contributed by atoms with Crippen molar-refractivity contribution < 1.29 is 26.2 Å². The van der Waals surface area contributed by atoms with Gasteiger partial charge in [-0.15, -0.1) is 0 Å². The molecule has 0 bridgehead atoms. The first-order valence-corrected chi connectivity index (χ1v) is 24.9. The Labute approximate surface area is 188 Å². The van der Waals surface area contributed by atoms with Crippen molar-refractivity contribution in [1.82, 2.24) is 0 Å². The summed E-state index contributed by atoms with van der Waals surface area (Å²) >= 11 is 14.2. The maximum Gasteiger partial charge on any atom is 0 e. The summed E-state index contributed by atoms with van der Waals surface area (Å²) in [4.78, 5) is 0. The molecule has 0 amide bonds. The Bertz CT molecular complexity index is 48.1. The van der Waals surface area contributed by atoms with Crippen molar-refractivity contribution in [3.63, 3.8) is 0 Å². The van der Waals surface area contributed by atoms with Crippen LogP contribution in [0.3, 0.4) is 0 Å². The van der Waals surface area contributed by atoms with E-state index in [1.165, 1.54) is 0 Å². The van der Waals surface area contributed by atoms with E-state index in [1.807, 2.05) is 0 Å². The number of rotatable bonds is 0. The van der Waals surface area contributed by atoms with Crippen LogP contribution in [0, 0.1) is 0 Å². The summed E-state index contributed by atoms with van der Waals surface area (Å²) in [6.07, 6.45) is 0. The quantitative estimate of drug-likeness (QED) is 0.223. The largest absolute Gasteiger partial charge is 0 e. The summed E-state index contributed by atoms with van der Waals surface area (Å²) in [6, 6.07) is 0. The molecule has 0 aliphatic rings. The third-order valence-corrected chi connectivity index (χ3v) is 0. The third kappa shape index (κ3) is 76.9. The van der Waals surface area contributed by atoms with Gasteiger partial charge in [0.1, 0.15) is 0 Å². The summed E-state index contributed by atoms with van der Waals surface area (Å²) in [6.45, 7) is 0. The monoisotopic (exact) mass is 1080 g/mol. The molecule has 0 N–H and O–H groups in total. The van der Waals surface area contributed by atoms with E-state index in [0.29, 0.717) is 0 Å². The van der Waals surface area contributed by atoms with Gasteiger partial charge >= 0.3 is 168 Å². The zero-order valence-corrected chi connectivity index (χ0v) is 28.1. The standard InChI is InChI=1S/2CH.8Sb.Zr/h2*1H;;;;;;;;;. The molecule has 0 aromatic rings. The summed E-state index contributed by atoms with van der Waals surface area (Å²) in [5.74, 6) is 0. The van der Waals surface area contributed by atoms with Gasteiger partial charge in [-0.2, -0.15) is 0 Å². The molecule has 0 aliphatic carbocycles. The van der Waals surface area contributed by atoms with Crippen LogP contribution in [0.4, 0.5) is 0 Å². The van der Waals surface area contributed by atoms with E-state index in [4.69, 9.17) is 0 Å². The fourth-order valence-corrected chi connectivity index (χ4v) is 0. The molecule has 0 heterocycles. The van der Waals surface area contributed by atoms with Crippen LogP contribution in [-0.2, 0) is 26.2 Å². The van der Waals surface area contributed by atoms with Gasteiger partial charge in [0.2, 0.25) is 0 Å². The van der Waals surface area contributed by atoms with E-state index in [2.05, 4.69) is 3.79 Å². The molecule has 0 unspecified atom stereocenters. The van der Waals surface area contributed by atoms with Crippen molar-refractivity contribution in [2.75, 3.05) is 0 Å². The molecule has 54 valence electrons. The van der Waals surface area contributed by atoms with Crippen molar-refractivity contribution in [2.45, 2.75) is 0 Å². The van der Waals surface area contributed by atoms with E-state index in [-0.39, 0.29) is 26.2 Å². The zero-order valence-electron chi connectivity index (χ0n) is 5.23. The van der Waals surface area contributed by atoms with Gasteiger partial charge in [-0.3, -0.25) is 0 Å². The Morgan fingerprint density at radius 1 is 0.636 bits per heavy atom. The first-order chi connectivity index (χ1) is 4.83. The first kappa shape index (κ1) is 30.9. The van der Waals surface area contributed by atoms with Crippen molar-refractivity contribution in [1.29, 1.82) is 0 Å². The average molecular weight is 1090 g/mol. The van der Waals surface area contributed by atoms with Crippen LogP contribution in [-0.4, -0.2) is 168 Å². The molecule has 0 aliphatic heterocycles. The van der Waals surface area contributed by atoms with Gasteiger partial charge in [0.25, 0.3) is 0 Å². The van der Waals surface area contributed by atoms with Crippen LogP contribution in [0.25, 0.3) is 0 Å². The van der Waals surface area contributed by atoms with Gasteiger partial charge in [-0.05, 0) is 0 Å². The minimum Gasteiger partial charge on any atom is 0 e. The Hall–Kier alpha value is 7.17. The number of hydrogen-bond acceptors (Lipinski definition) is 0. The molecule has 10 radical (unpaired) electrons. The zero-order chi connectivity index (χ0) is 9.41. The maximum absolute atomic E-state index is 2.10. The van der Waals surface area contributed by atoms with Crippen LogP contribution in [0.15, 0.2) is 0 Å². The normalized spacial score (nSPS) is 3.09. The Kier molecular flexibility index (Phi) is 150. The van der Waals surface area contributed by atoms with Crippen LogP contribution in [0.1, 0.15) is 0 Å². The second-order valence-electron chi connectivity index (χ2n) is 0.231. The number of hydrogen-bond donors (Lipinski definition) is 0. The van der Waals surface area contributed by atoms with E-state index in [1.54, 1.807) is 164 Å². The summed E-state index contributed by atoms with van der Waals surface area (Å²) in [7, 11) is 0. The molecule has 11 heavy (non-hydrogen) atoms. The summed E-state index contributed by atoms with van der Waals surface area (Å²) < 4.78 is 4.20. The minimum absolute atomic E-state index is 0. The van der Waals surface area contributed by atoms with Crippen LogP contribution in [0.2, 0.25) is 0 Å². The third-order valence-electron chi connectivity index (χ3n) is 0. The second-order valence-corrected chi connectivity index (χ2v) is 10.4. The minimum atomic E-state index is 0. The second kappa shape index (κ2) is 53.4. The van der Waals surface area contributed by atoms with Crippen LogP contribution >= 0.6 is 0 Å². The fraction of sp³-hybridized carbons (Fsp3) is 0. The van der Waals surface area contributed by atoms with Gasteiger partial charge < -0.3 is 0 Å². The van der Waals surface area contributed by atoms with E-state index >= 15 is 0 Å². The van der Waals surface area contributed by atoms with Crippen molar-refractivity contribution in [3.8, 4) is 0 Å². The first-order valence-electron chi connectivity index (χ1n) is 1.43. The van der Waals surface area contributed by atoms with E-state index < -0.39 is 0 Å². The van der Waals surface area contributed by atoms with Gasteiger partial charge in [0, 0.05) is 26.2 Å². The molecule has 0 atom stereocenters. The van der Waals surface area contributed by atoms with E-state index in [9.17, 15) is 0 Å². The molecular weight excluding hydrogens is 1090 g/mol. The Morgan fingerprint density at radius 3 is 0.636 bits per heavy atom. The topological polar surface area (TPSA) is 0 Å². The molecular formula is C2H2Sb8Zr. The van der Waals surface area contributed by atoms with Crippen molar-refractivity contribution in [2.24, 2.45) is 0 Å². The Balaban J connectivity index is -0.0000000144. The molecule has 9 heteroatoms. The van der Waals surface area contributed by atoms with Gasteiger partial charge in [-0.1, -0.05) is 0 Å². The maximum atomic E-state index is 2.10.